The molecule has 7 heteroatoms. The second kappa shape index (κ2) is 6.32. The highest BCUT2D eigenvalue weighted by atomic mass is 32.2. The molecule has 0 spiro atoms. The van der Waals surface area contributed by atoms with Gasteiger partial charge in [0.05, 0.1) is 4.90 Å². The standard InChI is InChI=1S/C13H18FNO4S/c1-4-8(2)12(13(16)17)15-20(18,19)10-6-5-9(3)11(14)7-10/h5-8,12,15H,4H2,1-3H3,(H,16,17)/t8?,12-/m0/s1. The van der Waals surface area contributed by atoms with E-state index in [0.717, 1.165) is 6.07 Å². The molecule has 2 atom stereocenters. The number of carboxylic acid groups (broad SMARTS) is 1. The topological polar surface area (TPSA) is 83.5 Å². The van der Waals surface area contributed by atoms with Crippen molar-refractivity contribution in [3.63, 3.8) is 0 Å². The van der Waals surface area contributed by atoms with Crippen molar-refractivity contribution in [1.82, 2.24) is 4.72 Å². The molecule has 1 unspecified atom stereocenters. The number of carbonyl (C=O) groups is 1. The van der Waals surface area contributed by atoms with Crippen LogP contribution in [0, 0.1) is 18.7 Å². The van der Waals surface area contributed by atoms with Crippen molar-refractivity contribution in [3.8, 4) is 0 Å². The Labute approximate surface area is 117 Å². The Hall–Kier alpha value is -1.47. The first-order chi connectivity index (χ1) is 9.19. The van der Waals surface area contributed by atoms with E-state index in [-0.39, 0.29) is 10.8 Å². The second-order valence-electron chi connectivity index (χ2n) is 4.73. The Morgan fingerprint density at radius 3 is 2.50 bits per heavy atom. The summed E-state index contributed by atoms with van der Waals surface area (Å²) < 4.78 is 39.7. The molecular weight excluding hydrogens is 285 g/mol. The van der Waals surface area contributed by atoms with Gasteiger partial charge in [-0.1, -0.05) is 26.3 Å². The summed E-state index contributed by atoms with van der Waals surface area (Å²) in [5.74, 6) is -2.28. The Kier molecular flexibility index (Phi) is 5.24. The molecule has 0 aliphatic heterocycles. The highest BCUT2D eigenvalue weighted by molar-refractivity contribution is 7.89. The molecule has 0 radical (unpaired) electrons. The minimum Gasteiger partial charge on any atom is -0.480 e. The normalized spacial score (nSPS) is 14.8. The molecule has 1 aromatic rings. The van der Waals surface area contributed by atoms with Gasteiger partial charge in [0, 0.05) is 0 Å². The third-order valence-electron chi connectivity index (χ3n) is 3.21. The van der Waals surface area contributed by atoms with Crippen LogP contribution in [0.15, 0.2) is 23.1 Å². The smallest absolute Gasteiger partial charge is 0.322 e. The molecule has 112 valence electrons. The first kappa shape index (κ1) is 16.6. The molecular formula is C13H18FNO4S. The van der Waals surface area contributed by atoms with Gasteiger partial charge in [0.2, 0.25) is 10.0 Å². The van der Waals surface area contributed by atoms with E-state index in [9.17, 15) is 17.6 Å². The maximum Gasteiger partial charge on any atom is 0.322 e. The van der Waals surface area contributed by atoms with E-state index in [1.165, 1.54) is 19.1 Å². The first-order valence-corrected chi connectivity index (χ1v) is 7.68. The summed E-state index contributed by atoms with van der Waals surface area (Å²) >= 11 is 0. The molecule has 1 aromatic carbocycles. The zero-order valence-electron chi connectivity index (χ0n) is 11.6. The SMILES string of the molecule is CCC(C)[C@H](NS(=O)(=O)c1ccc(C)c(F)c1)C(=O)O. The Morgan fingerprint density at radius 1 is 1.45 bits per heavy atom. The van der Waals surface area contributed by atoms with Gasteiger partial charge >= 0.3 is 5.97 Å². The van der Waals surface area contributed by atoms with Crippen LogP contribution in [0.1, 0.15) is 25.8 Å². The number of halogens is 1. The van der Waals surface area contributed by atoms with E-state index < -0.39 is 27.9 Å². The molecule has 20 heavy (non-hydrogen) atoms. The summed E-state index contributed by atoms with van der Waals surface area (Å²) in [4.78, 5) is 10.8. The van der Waals surface area contributed by atoms with E-state index >= 15 is 0 Å². The third kappa shape index (κ3) is 3.77. The van der Waals surface area contributed by atoms with Crippen molar-refractivity contribution in [1.29, 1.82) is 0 Å². The molecule has 1 rings (SSSR count). The van der Waals surface area contributed by atoms with Crippen LogP contribution in [0.5, 0.6) is 0 Å². The molecule has 0 aliphatic rings. The van der Waals surface area contributed by atoms with E-state index in [0.29, 0.717) is 12.0 Å². The number of aryl methyl sites for hydroxylation is 1. The largest absolute Gasteiger partial charge is 0.480 e. The zero-order chi connectivity index (χ0) is 15.5. The van der Waals surface area contributed by atoms with Gasteiger partial charge in [0.1, 0.15) is 11.9 Å². The number of carboxylic acids is 1. The monoisotopic (exact) mass is 303 g/mol. The fraction of sp³-hybridized carbons (Fsp3) is 0.462. The Morgan fingerprint density at radius 2 is 2.05 bits per heavy atom. The van der Waals surface area contributed by atoms with Gasteiger partial charge in [0.25, 0.3) is 0 Å². The van der Waals surface area contributed by atoms with Crippen molar-refractivity contribution in [2.45, 2.75) is 38.1 Å². The van der Waals surface area contributed by atoms with Crippen molar-refractivity contribution < 1.29 is 22.7 Å². The highest BCUT2D eigenvalue weighted by Gasteiger charge is 2.29. The van der Waals surface area contributed by atoms with E-state index in [1.807, 2.05) is 0 Å². The van der Waals surface area contributed by atoms with Crippen molar-refractivity contribution in [3.05, 3.63) is 29.6 Å². The van der Waals surface area contributed by atoms with Gasteiger partial charge in [-0.2, -0.15) is 4.72 Å². The maximum absolute atomic E-state index is 13.4. The van der Waals surface area contributed by atoms with Crippen LogP contribution >= 0.6 is 0 Å². The van der Waals surface area contributed by atoms with Crippen LogP contribution in [0.2, 0.25) is 0 Å². The molecule has 5 nitrogen and oxygen atoms in total. The highest BCUT2D eigenvalue weighted by Crippen LogP contribution is 2.16. The zero-order valence-corrected chi connectivity index (χ0v) is 12.4. The summed E-state index contributed by atoms with van der Waals surface area (Å²) in [5, 5.41) is 9.08. The number of hydrogen-bond acceptors (Lipinski definition) is 3. The number of hydrogen-bond donors (Lipinski definition) is 2. The molecule has 2 N–H and O–H groups in total. The average molecular weight is 303 g/mol. The lowest BCUT2D eigenvalue weighted by Crippen LogP contribution is -2.44. The third-order valence-corrected chi connectivity index (χ3v) is 4.65. The summed E-state index contributed by atoms with van der Waals surface area (Å²) in [7, 11) is -4.07. The number of nitrogens with one attached hydrogen (secondary N) is 1. The van der Waals surface area contributed by atoms with Crippen molar-refractivity contribution in [2.24, 2.45) is 5.92 Å². The number of sulfonamides is 1. The molecule has 0 aromatic heterocycles. The van der Waals surface area contributed by atoms with Gasteiger partial charge in [-0.05, 0) is 30.5 Å². The molecule has 0 saturated heterocycles. The lowest BCUT2D eigenvalue weighted by atomic mass is 10.0. The summed E-state index contributed by atoms with van der Waals surface area (Å²) in [6, 6.07) is 2.22. The van der Waals surface area contributed by atoms with Crippen LogP contribution in [-0.2, 0) is 14.8 Å². The number of benzene rings is 1. The summed E-state index contributed by atoms with van der Waals surface area (Å²) in [6.45, 7) is 4.91. The van der Waals surface area contributed by atoms with Crippen LogP contribution in [0.4, 0.5) is 4.39 Å². The molecule has 0 heterocycles. The van der Waals surface area contributed by atoms with Crippen LogP contribution in [0.25, 0.3) is 0 Å². The van der Waals surface area contributed by atoms with Crippen molar-refractivity contribution >= 4 is 16.0 Å². The fourth-order valence-corrected chi connectivity index (χ4v) is 2.93. The summed E-state index contributed by atoms with van der Waals surface area (Å²) in [5.41, 5.74) is 0.320. The van der Waals surface area contributed by atoms with E-state index in [4.69, 9.17) is 5.11 Å². The van der Waals surface area contributed by atoms with Gasteiger partial charge in [-0.25, -0.2) is 12.8 Å². The first-order valence-electron chi connectivity index (χ1n) is 6.20. The lowest BCUT2D eigenvalue weighted by molar-refractivity contribution is -0.140. The van der Waals surface area contributed by atoms with Gasteiger partial charge in [-0.15, -0.1) is 0 Å². The van der Waals surface area contributed by atoms with Crippen LogP contribution in [0.3, 0.4) is 0 Å². The van der Waals surface area contributed by atoms with E-state index in [2.05, 4.69) is 4.72 Å². The van der Waals surface area contributed by atoms with E-state index in [1.54, 1.807) is 13.8 Å². The predicted molar refractivity (Wildman–Crippen MR) is 72.3 cm³/mol. The summed E-state index contributed by atoms with van der Waals surface area (Å²) in [6.07, 6.45) is 0.502. The molecule has 0 fully saturated rings. The number of aliphatic carboxylic acids is 1. The Balaban J connectivity index is 3.09. The Bertz CT molecular complexity index is 600. The predicted octanol–water partition coefficient (Wildman–Crippen LogP) is 1.91. The van der Waals surface area contributed by atoms with Crippen molar-refractivity contribution in [2.75, 3.05) is 0 Å². The second-order valence-corrected chi connectivity index (χ2v) is 6.45. The molecule has 0 amide bonds. The van der Waals surface area contributed by atoms with Gasteiger partial charge in [0.15, 0.2) is 0 Å². The average Bonchev–Trinajstić information content (AvgIpc) is 2.38. The fourth-order valence-electron chi connectivity index (χ4n) is 1.62. The lowest BCUT2D eigenvalue weighted by Gasteiger charge is -2.20. The van der Waals surface area contributed by atoms with Gasteiger partial charge in [-0.3, -0.25) is 4.79 Å². The molecule has 0 saturated carbocycles. The molecule has 0 aliphatic carbocycles. The molecule has 0 bridgehead atoms. The van der Waals surface area contributed by atoms with Crippen LogP contribution in [-0.4, -0.2) is 25.5 Å². The van der Waals surface area contributed by atoms with Crippen LogP contribution < -0.4 is 4.72 Å². The minimum absolute atomic E-state index is 0.282. The van der Waals surface area contributed by atoms with Gasteiger partial charge < -0.3 is 5.11 Å². The minimum atomic E-state index is -4.07. The quantitative estimate of drug-likeness (QED) is 0.841. The number of rotatable bonds is 6. The maximum atomic E-state index is 13.4.